The fourth-order valence-electron chi connectivity index (χ4n) is 2.91. The first-order valence-electron chi connectivity index (χ1n) is 8.61. The monoisotopic (exact) mass is 312 g/mol. The van der Waals surface area contributed by atoms with Crippen LogP contribution in [0, 0.1) is 0 Å². The summed E-state index contributed by atoms with van der Waals surface area (Å²) >= 11 is 0. The van der Waals surface area contributed by atoms with E-state index in [1.54, 1.807) is 7.11 Å². The molecule has 0 fully saturated rings. The first-order valence-corrected chi connectivity index (χ1v) is 8.61. The molecule has 124 valence electrons. The van der Waals surface area contributed by atoms with Gasteiger partial charge in [0.2, 0.25) is 0 Å². The molecule has 0 aromatic heterocycles. The number of hydrogen-bond donors (Lipinski definition) is 1. The van der Waals surface area contributed by atoms with Gasteiger partial charge < -0.3 is 9.84 Å². The minimum atomic E-state index is 0.0927. The molecule has 0 spiro atoms. The van der Waals surface area contributed by atoms with Gasteiger partial charge in [0.25, 0.3) is 0 Å². The number of aliphatic hydroxyl groups is 1. The van der Waals surface area contributed by atoms with Gasteiger partial charge in [0.05, 0.1) is 13.7 Å². The van der Waals surface area contributed by atoms with Crippen LogP contribution in [0.3, 0.4) is 0 Å². The Bertz CT molecular complexity index is 605. The number of aryl methyl sites for hydroxylation is 1. The van der Waals surface area contributed by atoms with Crippen LogP contribution in [0.25, 0.3) is 0 Å². The zero-order valence-corrected chi connectivity index (χ0v) is 14.3. The number of rotatable bonds is 9. The third kappa shape index (κ3) is 5.40. The van der Waals surface area contributed by atoms with Crippen LogP contribution in [-0.2, 0) is 19.4 Å². The lowest BCUT2D eigenvalue weighted by Crippen LogP contribution is -1.98. The van der Waals surface area contributed by atoms with E-state index in [1.165, 1.54) is 42.4 Å². The van der Waals surface area contributed by atoms with E-state index in [4.69, 9.17) is 4.74 Å². The van der Waals surface area contributed by atoms with Crippen molar-refractivity contribution in [1.29, 1.82) is 0 Å². The minimum absolute atomic E-state index is 0.0927. The van der Waals surface area contributed by atoms with E-state index >= 15 is 0 Å². The van der Waals surface area contributed by atoms with Gasteiger partial charge in [-0.2, -0.15) is 0 Å². The summed E-state index contributed by atoms with van der Waals surface area (Å²) in [6.45, 7) is 2.33. The molecule has 0 saturated carbocycles. The molecule has 2 aromatic rings. The van der Waals surface area contributed by atoms with E-state index in [9.17, 15) is 5.11 Å². The Labute approximate surface area is 140 Å². The van der Waals surface area contributed by atoms with Gasteiger partial charge in [0, 0.05) is 0 Å². The normalized spacial score (nSPS) is 10.7. The maximum Gasteiger partial charge on any atom is 0.119 e. The van der Waals surface area contributed by atoms with Crippen LogP contribution >= 0.6 is 0 Å². The number of unbranched alkanes of at least 4 members (excludes halogenated alkanes) is 3. The maximum absolute atomic E-state index is 9.61. The lowest BCUT2D eigenvalue weighted by Gasteiger charge is -2.11. The van der Waals surface area contributed by atoms with E-state index < -0.39 is 0 Å². The van der Waals surface area contributed by atoms with Crippen LogP contribution in [0.4, 0.5) is 0 Å². The van der Waals surface area contributed by atoms with Crippen molar-refractivity contribution in [3.8, 4) is 5.75 Å². The van der Waals surface area contributed by atoms with Crippen molar-refractivity contribution in [2.24, 2.45) is 0 Å². The second kappa shape index (κ2) is 9.36. The van der Waals surface area contributed by atoms with Crippen molar-refractivity contribution in [1.82, 2.24) is 0 Å². The highest BCUT2D eigenvalue weighted by molar-refractivity contribution is 5.38. The predicted octanol–water partition coefficient (Wildman–Crippen LogP) is 4.90. The molecule has 0 radical (unpaired) electrons. The summed E-state index contributed by atoms with van der Waals surface area (Å²) in [5, 5.41) is 9.61. The highest BCUT2D eigenvalue weighted by Crippen LogP contribution is 2.21. The molecule has 2 aromatic carbocycles. The summed E-state index contributed by atoms with van der Waals surface area (Å²) in [6, 6.07) is 14.6. The largest absolute Gasteiger partial charge is 0.497 e. The molecule has 2 rings (SSSR count). The molecular formula is C21H28O2. The summed E-state index contributed by atoms with van der Waals surface area (Å²) in [7, 11) is 1.69. The van der Waals surface area contributed by atoms with Crippen molar-refractivity contribution >= 4 is 0 Å². The minimum Gasteiger partial charge on any atom is -0.497 e. The number of aliphatic hydroxyl groups excluding tert-OH is 1. The Hall–Kier alpha value is -1.80. The average Bonchev–Trinajstić information content (AvgIpc) is 2.59. The molecule has 0 saturated heterocycles. The van der Waals surface area contributed by atoms with Crippen molar-refractivity contribution < 1.29 is 9.84 Å². The Balaban J connectivity index is 2.11. The van der Waals surface area contributed by atoms with Crippen LogP contribution < -0.4 is 4.74 Å². The van der Waals surface area contributed by atoms with E-state index in [0.717, 1.165) is 24.2 Å². The second-order valence-corrected chi connectivity index (χ2v) is 6.10. The maximum atomic E-state index is 9.61. The van der Waals surface area contributed by atoms with Gasteiger partial charge in [-0.05, 0) is 53.6 Å². The zero-order valence-electron chi connectivity index (χ0n) is 14.3. The van der Waals surface area contributed by atoms with E-state index in [-0.39, 0.29) is 6.61 Å². The first kappa shape index (κ1) is 17.6. The third-order valence-electron chi connectivity index (χ3n) is 4.29. The average molecular weight is 312 g/mol. The van der Waals surface area contributed by atoms with Crippen molar-refractivity contribution in [2.45, 2.75) is 52.1 Å². The molecule has 0 aliphatic heterocycles. The Morgan fingerprint density at radius 1 is 0.913 bits per heavy atom. The molecule has 0 aliphatic rings. The van der Waals surface area contributed by atoms with Crippen LogP contribution in [-0.4, -0.2) is 12.2 Å². The molecule has 0 atom stereocenters. The molecule has 0 bridgehead atoms. The lowest BCUT2D eigenvalue weighted by atomic mass is 9.95. The van der Waals surface area contributed by atoms with Gasteiger partial charge in [-0.15, -0.1) is 0 Å². The number of hydrogen-bond acceptors (Lipinski definition) is 2. The third-order valence-corrected chi connectivity index (χ3v) is 4.29. The SMILES string of the molecule is CCCCCCc1ccc(CO)c(Cc2cccc(OC)c2)c1. The van der Waals surface area contributed by atoms with Crippen molar-refractivity contribution in [3.63, 3.8) is 0 Å². The fourth-order valence-corrected chi connectivity index (χ4v) is 2.91. The number of ether oxygens (including phenoxy) is 1. The van der Waals surface area contributed by atoms with Gasteiger partial charge >= 0.3 is 0 Å². The Kier molecular flexibility index (Phi) is 7.15. The lowest BCUT2D eigenvalue weighted by molar-refractivity contribution is 0.280. The van der Waals surface area contributed by atoms with Gasteiger partial charge in [0.1, 0.15) is 5.75 Å². The van der Waals surface area contributed by atoms with E-state index in [0.29, 0.717) is 0 Å². The highest BCUT2D eigenvalue weighted by atomic mass is 16.5. The summed E-state index contributed by atoms with van der Waals surface area (Å²) in [5.74, 6) is 0.878. The van der Waals surface area contributed by atoms with Crippen molar-refractivity contribution in [2.75, 3.05) is 7.11 Å². The smallest absolute Gasteiger partial charge is 0.119 e. The molecule has 2 heteroatoms. The van der Waals surface area contributed by atoms with Gasteiger partial charge in [-0.3, -0.25) is 0 Å². The fraction of sp³-hybridized carbons (Fsp3) is 0.429. The molecular weight excluding hydrogens is 284 g/mol. The summed E-state index contributed by atoms with van der Waals surface area (Å²) in [4.78, 5) is 0. The summed E-state index contributed by atoms with van der Waals surface area (Å²) < 4.78 is 5.30. The Morgan fingerprint density at radius 3 is 2.52 bits per heavy atom. The molecule has 2 nitrogen and oxygen atoms in total. The standard InChI is InChI=1S/C21H28O2/c1-3-4-5-6-8-17-11-12-19(16-22)20(13-17)14-18-9-7-10-21(15-18)23-2/h7,9-13,15,22H,3-6,8,14,16H2,1-2H3. The molecule has 23 heavy (non-hydrogen) atoms. The molecule has 0 heterocycles. The summed E-state index contributed by atoms with van der Waals surface area (Å²) in [5.41, 5.74) is 4.82. The Morgan fingerprint density at radius 2 is 1.78 bits per heavy atom. The zero-order chi connectivity index (χ0) is 16.5. The highest BCUT2D eigenvalue weighted by Gasteiger charge is 2.06. The van der Waals surface area contributed by atoms with Gasteiger partial charge in [0.15, 0.2) is 0 Å². The quantitative estimate of drug-likeness (QED) is 0.667. The molecule has 0 unspecified atom stereocenters. The number of methoxy groups -OCH3 is 1. The predicted molar refractivity (Wildman–Crippen MR) is 96.0 cm³/mol. The van der Waals surface area contributed by atoms with Gasteiger partial charge in [-0.25, -0.2) is 0 Å². The summed E-state index contributed by atoms with van der Waals surface area (Å²) in [6.07, 6.45) is 7.07. The first-order chi connectivity index (χ1) is 11.3. The van der Waals surface area contributed by atoms with Crippen molar-refractivity contribution in [3.05, 3.63) is 64.7 Å². The molecule has 1 N–H and O–H groups in total. The molecule has 0 aliphatic carbocycles. The number of benzene rings is 2. The second-order valence-electron chi connectivity index (χ2n) is 6.10. The van der Waals surface area contributed by atoms with Gasteiger partial charge in [-0.1, -0.05) is 56.5 Å². The molecule has 0 amide bonds. The van der Waals surface area contributed by atoms with Crippen LogP contribution in [0.5, 0.6) is 5.75 Å². The topological polar surface area (TPSA) is 29.5 Å². The van der Waals surface area contributed by atoms with Crippen LogP contribution in [0.2, 0.25) is 0 Å². The van der Waals surface area contributed by atoms with Crippen LogP contribution in [0.15, 0.2) is 42.5 Å². The van der Waals surface area contributed by atoms with Crippen LogP contribution in [0.1, 0.15) is 54.9 Å². The van der Waals surface area contributed by atoms with E-state index in [2.05, 4.69) is 37.3 Å². The van der Waals surface area contributed by atoms with E-state index in [1.807, 2.05) is 12.1 Å².